The predicted molar refractivity (Wildman–Crippen MR) is 166 cm³/mol. The van der Waals surface area contributed by atoms with Crippen LogP contribution in [-0.4, -0.2) is 49.5 Å². The lowest BCUT2D eigenvalue weighted by atomic mass is 10.00. The zero-order valence-electron chi connectivity index (χ0n) is 25.4. The number of sulfonamides is 1. The van der Waals surface area contributed by atoms with Gasteiger partial charge in [0, 0.05) is 37.0 Å². The van der Waals surface area contributed by atoms with Gasteiger partial charge in [-0.2, -0.15) is 0 Å². The number of nitrogens with zero attached hydrogens (tertiary/aromatic N) is 2. The predicted octanol–water partition coefficient (Wildman–Crippen LogP) is 5.54. The lowest BCUT2D eigenvalue weighted by Crippen LogP contribution is -2.54. The number of rotatable bonds is 12. The second-order valence-corrected chi connectivity index (χ2v) is 13.7. The Labute approximate surface area is 249 Å². The second-order valence-electron chi connectivity index (χ2n) is 11.8. The van der Waals surface area contributed by atoms with Crippen LogP contribution in [0.1, 0.15) is 55.9 Å². The number of benzene rings is 3. The third kappa shape index (κ3) is 9.69. The number of nitrogens with one attached hydrogen (secondary N) is 1. The highest BCUT2D eigenvalue weighted by atomic mass is 32.2. The summed E-state index contributed by atoms with van der Waals surface area (Å²) in [5.41, 5.74) is 2.99. The number of amides is 2. The molecular weight excluding hydrogens is 553 g/mol. The van der Waals surface area contributed by atoms with Crippen LogP contribution in [0.2, 0.25) is 0 Å². The van der Waals surface area contributed by atoms with Crippen molar-refractivity contribution in [3.8, 4) is 0 Å². The van der Waals surface area contributed by atoms with Crippen molar-refractivity contribution >= 4 is 27.5 Å². The van der Waals surface area contributed by atoms with Gasteiger partial charge in [-0.15, -0.1) is 0 Å². The molecule has 0 radical (unpaired) electrons. The van der Waals surface area contributed by atoms with E-state index in [1.165, 1.54) is 15.3 Å². The summed E-state index contributed by atoms with van der Waals surface area (Å²) in [5.74, 6) is -1.18. The van der Waals surface area contributed by atoms with E-state index in [0.717, 1.165) is 22.9 Å². The van der Waals surface area contributed by atoms with Crippen molar-refractivity contribution in [1.29, 1.82) is 0 Å². The largest absolute Gasteiger partial charge is 0.350 e. The minimum Gasteiger partial charge on any atom is -0.350 e. The molecule has 0 aliphatic rings. The van der Waals surface area contributed by atoms with Gasteiger partial charge in [-0.25, -0.2) is 12.8 Å². The van der Waals surface area contributed by atoms with Gasteiger partial charge in [-0.1, -0.05) is 54.6 Å². The highest BCUT2D eigenvalue weighted by Gasteiger charge is 2.32. The summed E-state index contributed by atoms with van der Waals surface area (Å²) in [5, 5.41) is 2.99. The lowest BCUT2D eigenvalue weighted by Gasteiger charge is -2.34. The van der Waals surface area contributed by atoms with Crippen molar-refractivity contribution in [3.63, 3.8) is 0 Å². The first-order chi connectivity index (χ1) is 19.6. The van der Waals surface area contributed by atoms with Crippen LogP contribution in [0.15, 0.2) is 72.8 Å². The van der Waals surface area contributed by atoms with E-state index in [-0.39, 0.29) is 44.2 Å². The first-order valence-corrected chi connectivity index (χ1v) is 15.9. The lowest BCUT2D eigenvalue weighted by molar-refractivity contribution is -0.142. The molecule has 226 valence electrons. The molecule has 0 saturated heterocycles. The molecule has 1 atom stereocenters. The minimum atomic E-state index is -3.62. The molecule has 0 aromatic heterocycles. The van der Waals surface area contributed by atoms with Gasteiger partial charge in [0.15, 0.2) is 0 Å². The molecule has 0 aliphatic carbocycles. The molecule has 0 bridgehead atoms. The first-order valence-electron chi connectivity index (χ1n) is 14.1. The summed E-state index contributed by atoms with van der Waals surface area (Å²) in [6.45, 7) is 9.36. The summed E-state index contributed by atoms with van der Waals surface area (Å²) in [6, 6.07) is 20.2. The second kappa shape index (κ2) is 14.0. The van der Waals surface area contributed by atoms with Gasteiger partial charge in [0.1, 0.15) is 11.9 Å². The van der Waals surface area contributed by atoms with Crippen molar-refractivity contribution in [2.45, 2.75) is 72.0 Å². The Hall–Kier alpha value is -3.72. The van der Waals surface area contributed by atoms with E-state index in [0.29, 0.717) is 11.3 Å². The molecule has 0 spiro atoms. The van der Waals surface area contributed by atoms with Crippen LogP contribution in [-0.2, 0) is 32.6 Å². The third-order valence-electron chi connectivity index (χ3n) is 6.71. The van der Waals surface area contributed by atoms with Crippen LogP contribution in [0.25, 0.3) is 0 Å². The zero-order valence-corrected chi connectivity index (χ0v) is 26.2. The van der Waals surface area contributed by atoms with Crippen molar-refractivity contribution in [2.75, 3.05) is 17.1 Å². The Morgan fingerprint density at radius 2 is 1.52 bits per heavy atom. The van der Waals surface area contributed by atoms with Crippen molar-refractivity contribution in [3.05, 3.63) is 101 Å². The Kier molecular flexibility index (Phi) is 10.9. The average Bonchev–Trinajstić information content (AvgIpc) is 2.87. The van der Waals surface area contributed by atoms with Crippen LogP contribution < -0.4 is 9.62 Å². The number of anilines is 1. The molecule has 1 unspecified atom stereocenters. The van der Waals surface area contributed by atoms with E-state index in [1.807, 2.05) is 71.0 Å². The molecule has 7 nitrogen and oxygen atoms in total. The normalized spacial score (nSPS) is 12.5. The van der Waals surface area contributed by atoms with Gasteiger partial charge in [-0.3, -0.25) is 13.9 Å². The minimum absolute atomic E-state index is 0.0284. The maximum absolute atomic E-state index is 14.8. The van der Waals surface area contributed by atoms with E-state index < -0.39 is 27.4 Å². The fourth-order valence-electron chi connectivity index (χ4n) is 4.92. The molecule has 3 aromatic carbocycles. The molecule has 0 fully saturated rings. The molecule has 42 heavy (non-hydrogen) atoms. The molecule has 3 aromatic rings. The van der Waals surface area contributed by atoms with Gasteiger partial charge < -0.3 is 10.2 Å². The molecule has 3 rings (SSSR count). The number of carbonyl (C=O) groups excluding carboxylic acids is 2. The number of aryl methyl sites for hydroxylation is 2. The van der Waals surface area contributed by atoms with Crippen LogP contribution in [0, 0.1) is 19.7 Å². The van der Waals surface area contributed by atoms with Crippen LogP contribution in [0.4, 0.5) is 10.1 Å². The smallest absolute Gasteiger partial charge is 0.243 e. The van der Waals surface area contributed by atoms with Crippen LogP contribution >= 0.6 is 0 Å². The SMILES string of the molecule is Cc1cc(C)cc(N(CCCC(=O)N(Cc2ccccc2F)C(Cc2ccccc2)C(=O)NC(C)(C)C)S(C)(=O)=O)c1. The average molecular weight is 596 g/mol. The van der Waals surface area contributed by atoms with Crippen LogP contribution in [0.5, 0.6) is 0 Å². The van der Waals surface area contributed by atoms with E-state index in [4.69, 9.17) is 0 Å². The monoisotopic (exact) mass is 595 g/mol. The van der Waals surface area contributed by atoms with Crippen LogP contribution in [0.3, 0.4) is 0 Å². The molecule has 9 heteroatoms. The van der Waals surface area contributed by atoms with Gasteiger partial charge in [0.2, 0.25) is 21.8 Å². The van der Waals surface area contributed by atoms with E-state index in [1.54, 1.807) is 30.3 Å². The molecular formula is C33H42FN3O4S. The quantitative estimate of drug-likeness (QED) is 0.298. The van der Waals surface area contributed by atoms with Gasteiger partial charge in [0.05, 0.1) is 11.9 Å². The number of hydrogen-bond donors (Lipinski definition) is 1. The van der Waals surface area contributed by atoms with Gasteiger partial charge >= 0.3 is 0 Å². The molecule has 0 heterocycles. The van der Waals surface area contributed by atoms with Crippen molar-refractivity contribution < 1.29 is 22.4 Å². The van der Waals surface area contributed by atoms with Gasteiger partial charge in [0.25, 0.3) is 0 Å². The number of carbonyl (C=O) groups is 2. The van der Waals surface area contributed by atoms with E-state index in [2.05, 4.69) is 5.32 Å². The Morgan fingerprint density at radius 3 is 2.10 bits per heavy atom. The molecule has 0 saturated carbocycles. The molecule has 0 aliphatic heterocycles. The zero-order chi connectivity index (χ0) is 31.1. The highest BCUT2D eigenvalue weighted by Crippen LogP contribution is 2.23. The highest BCUT2D eigenvalue weighted by molar-refractivity contribution is 7.92. The Bertz CT molecular complexity index is 1470. The molecule has 1 N–H and O–H groups in total. The summed E-state index contributed by atoms with van der Waals surface area (Å²) in [7, 11) is -3.62. The third-order valence-corrected chi connectivity index (χ3v) is 7.91. The van der Waals surface area contributed by atoms with E-state index in [9.17, 15) is 22.4 Å². The fraction of sp³-hybridized carbons (Fsp3) is 0.394. The maximum atomic E-state index is 14.8. The van der Waals surface area contributed by atoms with E-state index >= 15 is 0 Å². The van der Waals surface area contributed by atoms with Crippen molar-refractivity contribution in [1.82, 2.24) is 10.2 Å². The summed E-state index contributed by atoms with van der Waals surface area (Å²) >= 11 is 0. The number of halogens is 1. The van der Waals surface area contributed by atoms with Crippen molar-refractivity contribution in [2.24, 2.45) is 0 Å². The number of hydrogen-bond acceptors (Lipinski definition) is 4. The fourth-order valence-corrected chi connectivity index (χ4v) is 5.86. The summed E-state index contributed by atoms with van der Waals surface area (Å²) < 4.78 is 41.5. The molecule has 2 amide bonds. The topological polar surface area (TPSA) is 86.8 Å². The summed E-state index contributed by atoms with van der Waals surface area (Å²) in [4.78, 5) is 29.0. The standard InChI is InChI=1S/C33H42FN3O4S/c1-24-19-25(2)21-28(20-24)37(42(6,40)41)18-12-17-31(38)36(23-27-15-10-11-16-29(27)34)30(32(39)35-33(3,4)5)22-26-13-8-7-9-14-26/h7-11,13-16,19-21,30H,12,17-18,22-23H2,1-6H3,(H,35,39). The maximum Gasteiger partial charge on any atom is 0.243 e. The Morgan fingerprint density at radius 1 is 0.929 bits per heavy atom. The van der Waals surface area contributed by atoms with Gasteiger partial charge in [-0.05, 0) is 75.9 Å². The first kappa shape index (κ1) is 32.8. The Balaban J connectivity index is 1.92. The summed E-state index contributed by atoms with van der Waals surface area (Å²) in [6.07, 6.45) is 1.57.